The normalized spacial score (nSPS) is 10.8. The summed E-state index contributed by atoms with van der Waals surface area (Å²) in [4.78, 5) is 10.4. The molecule has 96 valence electrons. The van der Waals surface area contributed by atoms with Crippen molar-refractivity contribution in [1.29, 1.82) is 0 Å². The monoisotopic (exact) mass is 260 g/mol. The molecule has 0 atom stereocenters. The maximum atomic E-state index is 13.7. The van der Waals surface area contributed by atoms with Gasteiger partial charge in [0.15, 0.2) is 0 Å². The molecule has 0 aliphatic heterocycles. The number of hydrogen-bond acceptors (Lipinski definition) is 1. The second-order valence-electron chi connectivity index (χ2n) is 3.92. The molecule has 2 aromatic carbocycles. The number of hydrogen-bond donors (Lipinski definition) is 1. The van der Waals surface area contributed by atoms with E-state index < -0.39 is 17.6 Å². The SMILES string of the molecule is O=C(O)/C=C/c1ccc(F)c(-c2ccc(F)cc2)c1. The van der Waals surface area contributed by atoms with Crippen LogP contribution in [0.25, 0.3) is 17.2 Å². The first-order valence-electron chi connectivity index (χ1n) is 5.53. The van der Waals surface area contributed by atoms with Crippen molar-refractivity contribution in [3.63, 3.8) is 0 Å². The molecule has 0 amide bonds. The summed E-state index contributed by atoms with van der Waals surface area (Å²) in [6.07, 6.45) is 2.34. The van der Waals surface area contributed by atoms with Gasteiger partial charge in [-0.05, 0) is 41.5 Å². The van der Waals surface area contributed by atoms with Crippen LogP contribution < -0.4 is 0 Å². The second-order valence-corrected chi connectivity index (χ2v) is 3.92. The van der Waals surface area contributed by atoms with Crippen LogP contribution in [0.4, 0.5) is 8.78 Å². The van der Waals surface area contributed by atoms with Crippen LogP contribution in [0.15, 0.2) is 48.5 Å². The quantitative estimate of drug-likeness (QED) is 0.854. The minimum Gasteiger partial charge on any atom is -0.478 e. The Morgan fingerprint density at radius 1 is 1.05 bits per heavy atom. The van der Waals surface area contributed by atoms with Gasteiger partial charge in [-0.3, -0.25) is 0 Å². The maximum absolute atomic E-state index is 13.7. The third-order valence-corrected chi connectivity index (χ3v) is 2.56. The average Bonchev–Trinajstić information content (AvgIpc) is 2.39. The van der Waals surface area contributed by atoms with Gasteiger partial charge in [-0.25, -0.2) is 13.6 Å². The summed E-state index contributed by atoms with van der Waals surface area (Å²) in [5.41, 5.74) is 1.39. The van der Waals surface area contributed by atoms with Crippen molar-refractivity contribution in [3.05, 3.63) is 65.7 Å². The minimum absolute atomic E-state index is 0.299. The summed E-state index contributed by atoms with van der Waals surface area (Å²) in [6, 6.07) is 9.67. The van der Waals surface area contributed by atoms with Crippen LogP contribution in [-0.4, -0.2) is 11.1 Å². The van der Waals surface area contributed by atoms with Gasteiger partial charge in [0.2, 0.25) is 0 Å². The summed E-state index contributed by atoms with van der Waals surface area (Å²) >= 11 is 0. The lowest BCUT2D eigenvalue weighted by molar-refractivity contribution is -0.131. The van der Waals surface area contributed by atoms with Gasteiger partial charge in [-0.15, -0.1) is 0 Å². The van der Waals surface area contributed by atoms with Crippen LogP contribution in [0.2, 0.25) is 0 Å². The number of benzene rings is 2. The van der Waals surface area contributed by atoms with Crippen LogP contribution in [0.5, 0.6) is 0 Å². The molecule has 0 spiro atoms. The van der Waals surface area contributed by atoms with E-state index in [2.05, 4.69) is 0 Å². The third-order valence-electron chi connectivity index (χ3n) is 2.56. The van der Waals surface area contributed by atoms with Gasteiger partial charge in [-0.2, -0.15) is 0 Å². The van der Waals surface area contributed by atoms with E-state index in [1.54, 1.807) is 0 Å². The lowest BCUT2D eigenvalue weighted by atomic mass is 10.0. The Labute approximate surface area is 108 Å². The molecular weight excluding hydrogens is 250 g/mol. The fourth-order valence-corrected chi connectivity index (χ4v) is 1.66. The highest BCUT2D eigenvalue weighted by Gasteiger charge is 2.05. The van der Waals surface area contributed by atoms with Crippen molar-refractivity contribution in [1.82, 2.24) is 0 Å². The Balaban J connectivity index is 2.42. The molecule has 1 N–H and O–H groups in total. The first kappa shape index (κ1) is 13.0. The van der Waals surface area contributed by atoms with Gasteiger partial charge in [-0.1, -0.05) is 18.2 Å². The fourth-order valence-electron chi connectivity index (χ4n) is 1.66. The number of rotatable bonds is 3. The van der Waals surface area contributed by atoms with Crippen molar-refractivity contribution in [3.8, 4) is 11.1 Å². The predicted molar refractivity (Wildman–Crippen MR) is 68.5 cm³/mol. The topological polar surface area (TPSA) is 37.3 Å². The van der Waals surface area contributed by atoms with Gasteiger partial charge in [0, 0.05) is 11.6 Å². The zero-order valence-corrected chi connectivity index (χ0v) is 9.81. The van der Waals surface area contributed by atoms with Gasteiger partial charge in [0.05, 0.1) is 0 Å². The lowest BCUT2D eigenvalue weighted by Gasteiger charge is -2.05. The van der Waals surface area contributed by atoms with Gasteiger partial charge in [0.1, 0.15) is 11.6 Å². The Bertz CT molecular complexity index is 631. The lowest BCUT2D eigenvalue weighted by Crippen LogP contribution is -1.88. The number of aliphatic carboxylic acids is 1. The summed E-state index contributed by atoms with van der Waals surface area (Å²) in [5, 5.41) is 8.54. The third kappa shape index (κ3) is 3.25. The molecule has 2 nitrogen and oxygen atoms in total. The van der Waals surface area contributed by atoms with Gasteiger partial charge >= 0.3 is 5.97 Å². The van der Waals surface area contributed by atoms with E-state index in [4.69, 9.17) is 5.11 Å². The van der Waals surface area contributed by atoms with Crippen molar-refractivity contribution < 1.29 is 18.7 Å². The van der Waals surface area contributed by atoms with Crippen LogP contribution >= 0.6 is 0 Å². The van der Waals surface area contributed by atoms with Crippen LogP contribution in [0, 0.1) is 11.6 Å². The van der Waals surface area contributed by atoms with Crippen LogP contribution in [0.1, 0.15) is 5.56 Å². The highest BCUT2D eigenvalue weighted by Crippen LogP contribution is 2.24. The van der Waals surface area contributed by atoms with Crippen molar-refractivity contribution in [2.75, 3.05) is 0 Å². The standard InChI is InChI=1S/C15H10F2O2/c16-12-5-3-11(4-6-12)13-9-10(1-7-14(13)17)2-8-15(18)19/h1-9H,(H,18,19)/b8-2+. The van der Waals surface area contributed by atoms with Crippen molar-refractivity contribution in [2.45, 2.75) is 0 Å². The van der Waals surface area contributed by atoms with Crippen LogP contribution in [-0.2, 0) is 4.79 Å². The highest BCUT2D eigenvalue weighted by atomic mass is 19.1. The average molecular weight is 260 g/mol. The Hall–Kier alpha value is -2.49. The number of halogens is 2. The molecule has 19 heavy (non-hydrogen) atoms. The van der Waals surface area contributed by atoms with Crippen LogP contribution in [0.3, 0.4) is 0 Å². The molecule has 2 aromatic rings. The molecule has 0 saturated carbocycles. The van der Waals surface area contributed by atoms with E-state index in [1.807, 2.05) is 0 Å². The first-order valence-corrected chi connectivity index (χ1v) is 5.53. The molecule has 2 rings (SSSR count). The van der Waals surface area contributed by atoms with E-state index in [0.29, 0.717) is 16.7 Å². The molecule has 4 heteroatoms. The molecule has 0 aliphatic carbocycles. The smallest absolute Gasteiger partial charge is 0.328 e. The maximum Gasteiger partial charge on any atom is 0.328 e. The van der Waals surface area contributed by atoms with E-state index in [9.17, 15) is 13.6 Å². The second kappa shape index (κ2) is 5.44. The summed E-state index contributed by atoms with van der Waals surface area (Å²) in [7, 11) is 0. The zero-order chi connectivity index (χ0) is 13.8. The van der Waals surface area contributed by atoms with Crippen molar-refractivity contribution >= 4 is 12.0 Å². The van der Waals surface area contributed by atoms with E-state index >= 15 is 0 Å². The van der Waals surface area contributed by atoms with E-state index in [-0.39, 0.29) is 0 Å². The van der Waals surface area contributed by atoms with E-state index in [0.717, 1.165) is 6.08 Å². The first-order chi connectivity index (χ1) is 9.06. The minimum atomic E-state index is -1.08. The molecule has 0 radical (unpaired) electrons. The summed E-state index contributed by atoms with van der Waals surface area (Å²) in [6.45, 7) is 0. The van der Waals surface area contributed by atoms with Gasteiger partial charge in [0.25, 0.3) is 0 Å². The molecule has 0 heterocycles. The highest BCUT2D eigenvalue weighted by molar-refractivity contribution is 5.85. The fraction of sp³-hybridized carbons (Fsp3) is 0. The van der Waals surface area contributed by atoms with E-state index in [1.165, 1.54) is 48.5 Å². The zero-order valence-electron chi connectivity index (χ0n) is 9.81. The Morgan fingerprint density at radius 2 is 1.74 bits per heavy atom. The molecule has 0 aromatic heterocycles. The Kier molecular flexibility index (Phi) is 3.71. The Morgan fingerprint density at radius 3 is 2.37 bits per heavy atom. The molecule has 0 saturated heterocycles. The largest absolute Gasteiger partial charge is 0.478 e. The van der Waals surface area contributed by atoms with Crippen molar-refractivity contribution in [2.24, 2.45) is 0 Å². The molecule has 0 fully saturated rings. The molecule has 0 aliphatic rings. The summed E-state index contributed by atoms with van der Waals surface area (Å²) in [5.74, 6) is -1.92. The molecular formula is C15H10F2O2. The molecule has 0 unspecified atom stereocenters. The van der Waals surface area contributed by atoms with Gasteiger partial charge < -0.3 is 5.11 Å². The predicted octanol–water partition coefficient (Wildman–Crippen LogP) is 3.73. The number of carboxylic acid groups (broad SMARTS) is 1. The molecule has 0 bridgehead atoms. The number of carboxylic acids is 1. The number of carbonyl (C=O) groups is 1. The summed E-state index contributed by atoms with van der Waals surface area (Å²) < 4.78 is 26.5.